The summed E-state index contributed by atoms with van der Waals surface area (Å²) in [6.07, 6.45) is 0.985. The summed E-state index contributed by atoms with van der Waals surface area (Å²) in [6, 6.07) is 0. The summed E-state index contributed by atoms with van der Waals surface area (Å²) in [5, 5.41) is 11.5. The highest BCUT2D eigenvalue weighted by Crippen LogP contribution is 2.19. The van der Waals surface area contributed by atoms with Gasteiger partial charge in [0, 0.05) is 18.1 Å². The molecule has 1 fully saturated rings. The van der Waals surface area contributed by atoms with E-state index in [0.29, 0.717) is 19.7 Å². The number of morpholine rings is 1. The SMILES string of the molecule is O=C(O)[C@@H]1CN(c2nccs2)CCO1. The standard InChI is InChI=1S/C8H10N2O3S/c11-7(12)6-5-10(2-3-13-6)8-9-1-4-14-8/h1,4,6H,2-3,5H2,(H,11,12)/t6-/m0/s1. The Bertz CT molecular complexity index is 314. The molecule has 1 saturated heterocycles. The van der Waals surface area contributed by atoms with E-state index in [1.54, 1.807) is 6.20 Å². The smallest absolute Gasteiger partial charge is 0.334 e. The lowest BCUT2D eigenvalue weighted by molar-refractivity contribution is -0.150. The number of carboxylic acid groups (broad SMARTS) is 1. The molecule has 76 valence electrons. The van der Waals surface area contributed by atoms with Crippen LogP contribution in [-0.2, 0) is 9.53 Å². The van der Waals surface area contributed by atoms with E-state index in [1.165, 1.54) is 11.3 Å². The van der Waals surface area contributed by atoms with E-state index in [0.717, 1.165) is 5.13 Å². The van der Waals surface area contributed by atoms with Crippen molar-refractivity contribution in [3.63, 3.8) is 0 Å². The second kappa shape index (κ2) is 3.93. The fourth-order valence-electron chi connectivity index (χ4n) is 1.34. The first-order valence-corrected chi connectivity index (χ1v) is 5.14. The van der Waals surface area contributed by atoms with Gasteiger partial charge in [-0.15, -0.1) is 11.3 Å². The summed E-state index contributed by atoms with van der Waals surface area (Å²) in [6.45, 7) is 1.52. The zero-order valence-corrected chi connectivity index (χ0v) is 8.24. The number of aromatic nitrogens is 1. The number of carboxylic acids is 1. The Balaban J connectivity index is 2.04. The van der Waals surface area contributed by atoms with Crippen molar-refractivity contribution < 1.29 is 14.6 Å². The summed E-state index contributed by atoms with van der Waals surface area (Å²) in [5.74, 6) is -0.911. The van der Waals surface area contributed by atoms with Crippen molar-refractivity contribution in [2.45, 2.75) is 6.10 Å². The minimum atomic E-state index is -0.911. The second-order valence-electron chi connectivity index (χ2n) is 2.96. The highest BCUT2D eigenvalue weighted by Gasteiger charge is 2.27. The van der Waals surface area contributed by atoms with Crippen LogP contribution in [0.25, 0.3) is 0 Å². The Morgan fingerprint density at radius 2 is 2.64 bits per heavy atom. The molecule has 2 rings (SSSR count). The molecule has 0 spiro atoms. The molecule has 14 heavy (non-hydrogen) atoms. The molecule has 6 heteroatoms. The van der Waals surface area contributed by atoms with Gasteiger partial charge in [0.15, 0.2) is 11.2 Å². The average molecular weight is 214 g/mol. The molecule has 2 heterocycles. The number of rotatable bonds is 2. The third-order valence-corrected chi connectivity index (χ3v) is 2.86. The van der Waals surface area contributed by atoms with Gasteiger partial charge in [0.25, 0.3) is 0 Å². The lowest BCUT2D eigenvalue weighted by Gasteiger charge is -2.30. The first-order chi connectivity index (χ1) is 6.77. The number of ether oxygens (including phenoxy) is 1. The first-order valence-electron chi connectivity index (χ1n) is 4.26. The van der Waals surface area contributed by atoms with E-state index in [2.05, 4.69) is 4.98 Å². The summed E-state index contributed by atoms with van der Waals surface area (Å²) in [7, 11) is 0. The maximum absolute atomic E-state index is 10.7. The summed E-state index contributed by atoms with van der Waals surface area (Å²) < 4.78 is 5.10. The van der Waals surface area contributed by atoms with Gasteiger partial charge in [0.2, 0.25) is 0 Å². The predicted octanol–water partition coefficient (Wildman–Crippen LogP) is 0.433. The van der Waals surface area contributed by atoms with Crippen LogP contribution in [0.15, 0.2) is 11.6 Å². The van der Waals surface area contributed by atoms with E-state index in [-0.39, 0.29) is 0 Å². The number of nitrogens with zero attached hydrogens (tertiary/aromatic N) is 2. The maximum atomic E-state index is 10.7. The molecule has 0 unspecified atom stereocenters. The van der Waals surface area contributed by atoms with Crippen molar-refractivity contribution >= 4 is 22.4 Å². The number of aliphatic carboxylic acids is 1. The van der Waals surface area contributed by atoms with Crippen LogP contribution < -0.4 is 4.90 Å². The number of anilines is 1. The lowest BCUT2D eigenvalue weighted by atomic mass is 10.3. The van der Waals surface area contributed by atoms with E-state index in [4.69, 9.17) is 9.84 Å². The van der Waals surface area contributed by atoms with Gasteiger partial charge in [-0.25, -0.2) is 9.78 Å². The largest absolute Gasteiger partial charge is 0.479 e. The highest BCUT2D eigenvalue weighted by molar-refractivity contribution is 7.13. The van der Waals surface area contributed by atoms with Crippen LogP contribution in [0.1, 0.15) is 0 Å². The molecular weight excluding hydrogens is 204 g/mol. The molecule has 0 bridgehead atoms. The van der Waals surface area contributed by atoms with E-state index in [1.807, 2.05) is 10.3 Å². The highest BCUT2D eigenvalue weighted by atomic mass is 32.1. The Kier molecular flexibility index (Phi) is 2.64. The zero-order valence-electron chi connectivity index (χ0n) is 7.42. The van der Waals surface area contributed by atoms with Crippen LogP contribution in [0.5, 0.6) is 0 Å². The number of thiazole rings is 1. The normalized spacial score (nSPS) is 22.3. The molecule has 1 aromatic rings. The van der Waals surface area contributed by atoms with Gasteiger partial charge in [0.05, 0.1) is 13.2 Å². The second-order valence-corrected chi connectivity index (χ2v) is 3.83. The topological polar surface area (TPSA) is 62.7 Å². The average Bonchev–Trinajstić information content (AvgIpc) is 2.71. The molecule has 1 N–H and O–H groups in total. The first kappa shape index (κ1) is 9.42. The van der Waals surface area contributed by atoms with Crippen LogP contribution in [0.2, 0.25) is 0 Å². The fraction of sp³-hybridized carbons (Fsp3) is 0.500. The number of carbonyl (C=O) groups is 1. The molecule has 1 atom stereocenters. The Hall–Kier alpha value is -1.14. The lowest BCUT2D eigenvalue weighted by Crippen LogP contribution is -2.46. The Labute approximate surface area is 84.9 Å². The number of hydrogen-bond acceptors (Lipinski definition) is 5. The molecule has 0 saturated carbocycles. The van der Waals surface area contributed by atoms with Crippen molar-refractivity contribution in [2.75, 3.05) is 24.6 Å². The van der Waals surface area contributed by atoms with Crippen LogP contribution in [0, 0.1) is 0 Å². The van der Waals surface area contributed by atoms with Crippen molar-refractivity contribution in [2.24, 2.45) is 0 Å². The molecule has 0 radical (unpaired) electrons. The maximum Gasteiger partial charge on any atom is 0.334 e. The molecule has 1 aliphatic rings. The van der Waals surface area contributed by atoms with E-state index < -0.39 is 12.1 Å². The van der Waals surface area contributed by atoms with Gasteiger partial charge >= 0.3 is 5.97 Å². The van der Waals surface area contributed by atoms with Gasteiger partial charge in [-0.3, -0.25) is 0 Å². The molecular formula is C8H10N2O3S. The third-order valence-electron chi connectivity index (χ3n) is 2.03. The summed E-state index contributed by atoms with van der Waals surface area (Å²) >= 11 is 1.51. The molecule has 0 aliphatic carbocycles. The van der Waals surface area contributed by atoms with Crippen LogP contribution >= 0.6 is 11.3 Å². The summed E-state index contributed by atoms with van der Waals surface area (Å²) in [4.78, 5) is 16.8. The zero-order chi connectivity index (χ0) is 9.97. The third kappa shape index (κ3) is 1.85. The Morgan fingerprint density at radius 1 is 1.79 bits per heavy atom. The van der Waals surface area contributed by atoms with Gasteiger partial charge in [-0.2, -0.15) is 0 Å². The van der Waals surface area contributed by atoms with Crippen molar-refractivity contribution in [1.82, 2.24) is 4.98 Å². The molecule has 0 amide bonds. The molecule has 0 aromatic carbocycles. The Morgan fingerprint density at radius 3 is 3.29 bits per heavy atom. The fourth-order valence-corrected chi connectivity index (χ4v) is 2.02. The van der Waals surface area contributed by atoms with Crippen LogP contribution in [0.3, 0.4) is 0 Å². The van der Waals surface area contributed by atoms with Crippen molar-refractivity contribution in [1.29, 1.82) is 0 Å². The van der Waals surface area contributed by atoms with Gasteiger partial charge in [0.1, 0.15) is 0 Å². The van der Waals surface area contributed by atoms with Crippen molar-refractivity contribution in [3.8, 4) is 0 Å². The van der Waals surface area contributed by atoms with E-state index in [9.17, 15) is 4.79 Å². The molecule has 1 aromatic heterocycles. The number of hydrogen-bond donors (Lipinski definition) is 1. The minimum Gasteiger partial charge on any atom is -0.479 e. The molecule has 5 nitrogen and oxygen atoms in total. The predicted molar refractivity (Wildman–Crippen MR) is 51.7 cm³/mol. The van der Waals surface area contributed by atoms with E-state index >= 15 is 0 Å². The monoisotopic (exact) mass is 214 g/mol. The van der Waals surface area contributed by atoms with Crippen molar-refractivity contribution in [3.05, 3.63) is 11.6 Å². The van der Waals surface area contributed by atoms with Gasteiger partial charge < -0.3 is 14.7 Å². The van der Waals surface area contributed by atoms with Crippen LogP contribution in [-0.4, -0.2) is 41.9 Å². The van der Waals surface area contributed by atoms with Gasteiger partial charge in [-0.1, -0.05) is 0 Å². The quantitative estimate of drug-likeness (QED) is 0.773. The molecule has 1 aliphatic heterocycles. The summed E-state index contributed by atoms with van der Waals surface area (Å²) in [5.41, 5.74) is 0. The minimum absolute atomic E-state index is 0.378. The van der Waals surface area contributed by atoms with Crippen LogP contribution in [0.4, 0.5) is 5.13 Å². The van der Waals surface area contributed by atoms with Gasteiger partial charge in [-0.05, 0) is 0 Å².